The van der Waals surface area contributed by atoms with Gasteiger partial charge in [-0.2, -0.15) is 0 Å². The van der Waals surface area contributed by atoms with Crippen LogP contribution in [0.2, 0.25) is 10.0 Å². The molecule has 1 N–H and O–H groups in total. The molecule has 0 bridgehead atoms. The van der Waals surface area contributed by atoms with E-state index >= 15 is 0 Å². The Kier molecular flexibility index (Phi) is 3.77. The molecule has 0 amide bonds. The number of halogens is 2. The molecule has 3 rings (SSSR count). The first-order valence-electron chi connectivity index (χ1n) is 6.24. The number of nitrogens with zero attached hydrogens (tertiary/aromatic N) is 1. The SMILES string of the molecule is Clc1ccc(NCc2cccc3cnccc23)cc1Cl. The molecule has 0 fully saturated rings. The zero-order valence-corrected chi connectivity index (χ0v) is 12.1. The quantitative estimate of drug-likeness (QED) is 0.723. The Morgan fingerprint density at radius 1 is 1.00 bits per heavy atom. The van der Waals surface area contributed by atoms with E-state index < -0.39 is 0 Å². The summed E-state index contributed by atoms with van der Waals surface area (Å²) < 4.78 is 0. The van der Waals surface area contributed by atoms with Crippen molar-refractivity contribution in [1.29, 1.82) is 0 Å². The molecular formula is C16H12Cl2N2. The number of anilines is 1. The Hall–Kier alpha value is -1.77. The van der Waals surface area contributed by atoms with Gasteiger partial charge in [0.25, 0.3) is 0 Å². The number of pyridine rings is 1. The molecule has 4 heteroatoms. The van der Waals surface area contributed by atoms with Gasteiger partial charge in [-0.1, -0.05) is 41.4 Å². The first-order chi connectivity index (χ1) is 9.74. The van der Waals surface area contributed by atoms with Gasteiger partial charge in [0.05, 0.1) is 10.0 Å². The van der Waals surface area contributed by atoms with E-state index in [4.69, 9.17) is 23.2 Å². The zero-order valence-electron chi connectivity index (χ0n) is 10.6. The number of nitrogens with one attached hydrogen (secondary N) is 1. The Balaban J connectivity index is 1.85. The van der Waals surface area contributed by atoms with E-state index in [1.165, 1.54) is 10.9 Å². The summed E-state index contributed by atoms with van der Waals surface area (Å²) in [6.45, 7) is 0.722. The first kappa shape index (κ1) is 13.2. The second-order valence-corrected chi connectivity index (χ2v) is 5.31. The van der Waals surface area contributed by atoms with Crippen LogP contribution in [0.25, 0.3) is 10.8 Å². The van der Waals surface area contributed by atoms with Crippen LogP contribution in [0, 0.1) is 0 Å². The molecule has 100 valence electrons. The van der Waals surface area contributed by atoms with Crippen LogP contribution in [-0.2, 0) is 6.54 Å². The molecule has 0 saturated heterocycles. The van der Waals surface area contributed by atoms with E-state index in [1.807, 2.05) is 36.7 Å². The second kappa shape index (κ2) is 5.70. The van der Waals surface area contributed by atoms with E-state index in [9.17, 15) is 0 Å². The molecule has 3 aromatic rings. The summed E-state index contributed by atoms with van der Waals surface area (Å²) in [5.74, 6) is 0. The predicted octanol–water partition coefficient (Wildman–Crippen LogP) is 5.15. The molecule has 0 spiro atoms. The lowest BCUT2D eigenvalue weighted by Gasteiger charge is -2.10. The van der Waals surface area contributed by atoms with Crippen molar-refractivity contribution < 1.29 is 0 Å². The van der Waals surface area contributed by atoms with Crippen LogP contribution in [-0.4, -0.2) is 4.98 Å². The Morgan fingerprint density at radius 3 is 2.75 bits per heavy atom. The lowest BCUT2D eigenvalue weighted by Crippen LogP contribution is -2.00. The van der Waals surface area contributed by atoms with E-state index in [0.29, 0.717) is 10.0 Å². The summed E-state index contributed by atoms with van der Waals surface area (Å²) in [4.78, 5) is 4.14. The van der Waals surface area contributed by atoms with E-state index in [0.717, 1.165) is 17.6 Å². The van der Waals surface area contributed by atoms with Gasteiger partial charge in [0, 0.05) is 30.0 Å². The average Bonchev–Trinajstić information content (AvgIpc) is 2.48. The fourth-order valence-electron chi connectivity index (χ4n) is 2.15. The zero-order chi connectivity index (χ0) is 13.9. The van der Waals surface area contributed by atoms with Crippen molar-refractivity contribution in [1.82, 2.24) is 4.98 Å². The van der Waals surface area contributed by atoms with Crippen molar-refractivity contribution in [3.63, 3.8) is 0 Å². The third-order valence-electron chi connectivity index (χ3n) is 3.17. The van der Waals surface area contributed by atoms with Crippen molar-refractivity contribution in [2.45, 2.75) is 6.54 Å². The molecule has 1 heterocycles. The van der Waals surface area contributed by atoms with Gasteiger partial charge >= 0.3 is 0 Å². The minimum Gasteiger partial charge on any atom is -0.381 e. The van der Waals surface area contributed by atoms with Crippen LogP contribution in [0.4, 0.5) is 5.69 Å². The molecule has 0 saturated carbocycles. The fraction of sp³-hybridized carbons (Fsp3) is 0.0625. The van der Waals surface area contributed by atoms with Crippen LogP contribution >= 0.6 is 23.2 Å². The number of aromatic nitrogens is 1. The van der Waals surface area contributed by atoms with Crippen LogP contribution < -0.4 is 5.32 Å². The third-order valence-corrected chi connectivity index (χ3v) is 3.91. The normalized spacial score (nSPS) is 10.7. The van der Waals surface area contributed by atoms with Gasteiger partial charge in [0.2, 0.25) is 0 Å². The smallest absolute Gasteiger partial charge is 0.0612 e. The number of rotatable bonds is 3. The van der Waals surface area contributed by atoms with E-state index in [2.05, 4.69) is 22.4 Å². The Bertz CT molecular complexity index is 751. The lowest BCUT2D eigenvalue weighted by molar-refractivity contribution is 1.17. The summed E-state index contributed by atoms with van der Waals surface area (Å²) in [6.07, 6.45) is 3.68. The molecule has 0 aliphatic heterocycles. The van der Waals surface area contributed by atoms with Gasteiger partial charge < -0.3 is 5.32 Å². The van der Waals surface area contributed by atoms with Gasteiger partial charge in [0.1, 0.15) is 0 Å². The molecule has 1 aromatic heterocycles. The molecule has 0 aliphatic carbocycles. The highest BCUT2D eigenvalue weighted by Crippen LogP contribution is 2.26. The maximum Gasteiger partial charge on any atom is 0.0612 e. The van der Waals surface area contributed by atoms with Crippen LogP contribution in [0.3, 0.4) is 0 Å². The van der Waals surface area contributed by atoms with Crippen LogP contribution in [0.5, 0.6) is 0 Å². The number of fused-ring (bicyclic) bond motifs is 1. The molecule has 0 radical (unpaired) electrons. The van der Waals surface area contributed by atoms with E-state index in [-0.39, 0.29) is 0 Å². The highest BCUT2D eigenvalue weighted by molar-refractivity contribution is 6.42. The first-order valence-corrected chi connectivity index (χ1v) is 7.00. The number of benzene rings is 2. The summed E-state index contributed by atoms with van der Waals surface area (Å²) in [5, 5.41) is 6.82. The fourth-order valence-corrected chi connectivity index (χ4v) is 2.45. The monoisotopic (exact) mass is 302 g/mol. The van der Waals surface area contributed by atoms with Gasteiger partial charge in [-0.3, -0.25) is 4.98 Å². The number of hydrogen-bond acceptors (Lipinski definition) is 2. The van der Waals surface area contributed by atoms with Crippen molar-refractivity contribution in [2.24, 2.45) is 0 Å². The standard InChI is InChI=1S/C16H12Cl2N2/c17-15-5-4-13(8-16(15)18)20-10-12-3-1-2-11-9-19-7-6-14(11)12/h1-9,20H,10H2. The minimum atomic E-state index is 0.554. The van der Waals surface area contributed by atoms with E-state index in [1.54, 1.807) is 6.07 Å². The topological polar surface area (TPSA) is 24.9 Å². The maximum atomic E-state index is 6.01. The summed E-state index contributed by atoms with van der Waals surface area (Å²) >= 11 is 11.9. The highest BCUT2D eigenvalue weighted by atomic mass is 35.5. The lowest BCUT2D eigenvalue weighted by atomic mass is 10.1. The minimum absolute atomic E-state index is 0.554. The van der Waals surface area contributed by atoms with Crippen molar-refractivity contribution in [3.8, 4) is 0 Å². The largest absolute Gasteiger partial charge is 0.381 e. The predicted molar refractivity (Wildman–Crippen MR) is 85.5 cm³/mol. The molecule has 0 atom stereocenters. The Labute approximate surface area is 127 Å². The highest BCUT2D eigenvalue weighted by Gasteiger charge is 2.02. The van der Waals surface area contributed by atoms with Crippen molar-refractivity contribution in [3.05, 3.63) is 70.5 Å². The number of hydrogen-bond donors (Lipinski definition) is 1. The van der Waals surface area contributed by atoms with Gasteiger partial charge in [-0.05, 0) is 35.2 Å². The van der Waals surface area contributed by atoms with Crippen LogP contribution in [0.1, 0.15) is 5.56 Å². The molecule has 0 unspecified atom stereocenters. The summed E-state index contributed by atoms with van der Waals surface area (Å²) in [7, 11) is 0. The average molecular weight is 303 g/mol. The van der Waals surface area contributed by atoms with Gasteiger partial charge in [-0.25, -0.2) is 0 Å². The second-order valence-electron chi connectivity index (χ2n) is 4.50. The maximum absolute atomic E-state index is 6.01. The molecule has 0 aliphatic rings. The molecular weight excluding hydrogens is 291 g/mol. The summed E-state index contributed by atoms with van der Waals surface area (Å²) in [5.41, 5.74) is 2.17. The summed E-state index contributed by atoms with van der Waals surface area (Å²) in [6, 6.07) is 13.8. The van der Waals surface area contributed by atoms with Gasteiger partial charge in [-0.15, -0.1) is 0 Å². The molecule has 2 aromatic carbocycles. The van der Waals surface area contributed by atoms with Crippen LogP contribution in [0.15, 0.2) is 54.9 Å². The molecule has 2 nitrogen and oxygen atoms in total. The molecule has 20 heavy (non-hydrogen) atoms. The third kappa shape index (κ3) is 2.72. The van der Waals surface area contributed by atoms with Crippen molar-refractivity contribution >= 4 is 39.7 Å². The van der Waals surface area contributed by atoms with Gasteiger partial charge in [0.15, 0.2) is 0 Å². The van der Waals surface area contributed by atoms with Crippen molar-refractivity contribution in [2.75, 3.05) is 5.32 Å². The Morgan fingerprint density at radius 2 is 1.90 bits per heavy atom.